The molecule has 0 aromatic carbocycles. The molecule has 1 rings (SSSR count). The first-order chi connectivity index (χ1) is 4.61. The molecule has 0 aliphatic carbocycles. The summed E-state index contributed by atoms with van der Waals surface area (Å²) in [5.41, 5.74) is 0.227. The lowest BCUT2D eigenvalue weighted by Gasteiger charge is -2.11. The molecule has 1 atom stereocenters. The summed E-state index contributed by atoms with van der Waals surface area (Å²) in [6.45, 7) is 1.48. The van der Waals surface area contributed by atoms with E-state index >= 15 is 0 Å². The standard InChI is InChI=1S/C6H7NO3/c1-3-6(10)4(8)2-5(9)7-3/h2,6,8,10H,1H3. The molecule has 4 heteroatoms. The summed E-state index contributed by atoms with van der Waals surface area (Å²) < 4.78 is 0. The zero-order valence-electron chi connectivity index (χ0n) is 5.40. The van der Waals surface area contributed by atoms with E-state index in [2.05, 4.69) is 4.99 Å². The van der Waals surface area contributed by atoms with E-state index < -0.39 is 12.0 Å². The Morgan fingerprint density at radius 2 is 2.30 bits per heavy atom. The van der Waals surface area contributed by atoms with E-state index in [1.54, 1.807) is 0 Å². The molecule has 1 aliphatic rings. The van der Waals surface area contributed by atoms with Crippen LogP contribution in [0.1, 0.15) is 6.92 Å². The third-order valence-electron chi connectivity index (χ3n) is 1.23. The molecule has 0 aromatic heterocycles. The number of aliphatic hydroxyl groups is 2. The summed E-state index contributed by atoms with van der Waals surface area (Å²) in [4.78, 5) is 13.9. The van der Waals surface area contributed by atoms with Gasteiger partial charge in [-0.2, -0.15) is 0 Å². The second-order valence-electron chi connectivity index (χ2n) is 2.06. The van der Waals surface area contributed by atoms with E-state index in [0.717, 1.165) is 6.08 Å². The third kappa shape index (κ3) is 1.06. The minimum absolute atomic E-state index is 0.227. The Morgan fingerprint density at radius 1 is 1.70 bits per heavy atom. The zero-order chi connectivity index (χ0) is 7.72. The minimum atomic E-state index is -1.10. The van der Waals surface area contributed by atoms with Gasteiger partial charge in [-0.3, -0.25) is 4.79 Å². The predicted molar refractivity (Wildman–Crippen MR) is 34.8 cm³/mol. The Hall–Kier alpha value is -1.16. The van der Waals surface area contributed by atoms with Crippen LogP contribution in [0.3, 0.4) is 0 Å². The minimum Gasteiger partial charge on any atom is -0.509 e. The van der Waals surface area contributed by atoms with Crippen molar-refractivity contribution in [3.63, 3.8) is 0 Å². The lowest BCUT2D eigenvalue weighted by molar-refractivity contribution is -0.113. The van der Waals surface area contributed by atoms with E-state index in [-0.39, 0.29) is 11.5 Å². The van der Waals surface area contributed by atoms with Gasteiger partial charge in [0.05, 0.1) is 5.71 Å². The number of nitrogens with zero attached hydrogens (tertiary/aromatic N) is 1. The number of aliphatic imine (C=N–C) groups is 1. The lowest BCUT2D eigenvalue weighted by Crippen LogP contribution is -2.25. The van der Waals surface area contributed by atoms with Gasteiger partial charge in [-0.25, -0.2) is 4.99 Å². The highest BCUT2D eigenvalue weighted by Gasteiger charge is 2.19. The third-order valence-corrected chi connectivity index (χ3v) is 1.23. The van der Waals surface area contributed by atoms with Crippen LogP contribution in [0.5, 0.6) is 0 Å². The number of aliphatic hydroxyl groups excluding tert-OH is 2. The summed E-state index contributed by atoms with van der Waals surface area (Å²) in [7, 11) is 0. The molecule has 1 amide bonds. The van der Waals surface area contributed by atoms with Gasteiger partial charge in [0.25, 0.3) is 5.91 Å². The Balaban J connectivity index is 2.93. The molecule has 0 radical (unpaired) electrons. The maximum atomic E-state index is 10.5. The summed E-state index contributed by atoms with van der Waals surface area (Å²) in [5.74, 6) is -0.863. The van der Waals surface area contributed by atoms with E-state index in [0.29, 0.717) is 0 Å². The SMILES string of the molecule is CC1=NC(=O)C=C(O)C1O. The van der Waals surface area contributed by atoms with Crippen LogP contribution >= 0.6 is 0 Å². The quantitative estimate of drug-likeness (QED) is 0.490. The predicted octanol–water partition coefficient (Wildman–Crippen LogP) is -0.210. The summed E-state index contributed by atoms with van der Waals surface area (Å²) in [6.07, 6.45) is -0.199. The van der Waals surface area contributed by atoms with Gasteiger partial charge in [-0.1, -0.05) is 0 Å². The molecule has 54 valence electrons. The van der Waals surface area contributed by atoms with Gasteiger partial charge < -0.3 is 10.2 Å². The van der Waals surface area contributed by atoms with Crippen molar-refractivity contribution in [2.24, 2.45) is 4.99 Å². The molecule has 0 aromatic rings. The van der Waals surface area contributed by atoms with Gasteiger partial charge in [0.1, 0.15) is 11.9 Å². The van der Waals surface area contributed by atoms with E-state index in [1.165, 1.54) is 6.92 Å². The monoisotopic (exact) mass is 141 g/mol. The summed E-state index contributed by atoms with van der Waals surface area (Å²) in [5, 5.41) is 17.8. The fourth-order valence-electron chi connectivity index (χ4n) is 0.687. The van der Waals surface area contributed by atoms with Crippen molar-refractivity contribution in [1.29, 1.82) is 0 Å². The lowest BCUT2D eigenvalue weighted by atomic mass is 10.1. The molecule has 0 bridgehead atoms. The smallest absolute Gasteiger partial charge is 0.273 e. The first-order valence-electron chi connectivity index (χ1n) is 2.79. The second kappa shape index (κ2) is 2.22. The number of hydrogen-bond acceptors (Lipinski definition) is 3. The van der Waals surface area contributed by atoms with E-state index in [4.69, 9.17) is 10.2 Å². The van der Waals surface area contributed by atoms with Crippen molar-refractivity contribution in [2.45, 2.75) is 13.0 Å². The van der Waals surface area contributed by atoms with Crippen molar-refractivity contribution in [3.8, 4) is 0 Å². The molecule has 1 aliphatic heterocycles. The molecule has 4 nitrogen and oxygen atoms in total. The van der Waals surface area contributed by atoms with Crippen LogP contribution in [-0.2, 0) is 4.79 Å². The fourth-order valence-corrected chi connectivity index (χ4v) is 0.687. The fraction of sp³-hybridized carbons (Fsp3) is 0.333. The van der Waals surface area contributed by atoms with Crippen LogP contribution in [-0.4, -0.2) is 27.9 Å². The van der Waals surface area contributed by atoms with Gasteiger partial charge in [-0.05, 0) is 6.92 Å². The Bertz CT molecular complexity index is 207. The molecule has 0 spiro atoms. The van der Waals surface area contributed by atoms with Crippen LogP contribution in [0.2, 0.25) is 0 Å². The first kappa shape index (κ1) is 6.95. The van der Waals surface area contributed by atoms with E-state index in [9.17, 15) is 4.79 Å². The molecule has 10 heavy (non-hydrogen) atoms. The van der Waals surface area contributed by atoms with Crippen LogP contribution in [0.15, 0.2) is 16.8 Å². The molecular formula is C6H7NO3. The van der Waals surface area contributed by atoms with Crippen molar-refractivity contribution in [1.82, 2.24) is 0 Å². The maximum absolute atomic E-state index is 10.5. The number of amides is 1. The Labute approximate surface area is 57.5 Å². The molecule has 0 fully saturated rings. The highest BCUT2D eigenvalue weighted by Crippen LogP contribution is 2.06. The number of rotatable bonds is 0. The van der Waals surface area contributed by atoms with Crippen LogP contribution in [0.25, 0.3) is 0 Å². The largest absolute Gasteiger partial charge is 0.509 e. The highest BCUT2D eigenvalue weighted by molar-refractivity contribution is 6.05. The van der Waals surface area contributed by atoms with Gasteiger partial charge >= 0.3 is 0 Å². The maximum Gasteiger partial charge on any atom is 0.273 e. The van der Waals surface area contributed by atoms with Gasteiger partial charge in [0.15, 0.2) is 0 Å². The summed E-state index contributed by atoms with van der Waals surface area (Å²) in [6, 6.07) is 0. The van der Waals surface area contributed by atoms with Crippen molar-refractivity contribution >= 4 is 11.6 Å². The molecule has 1 heterocycles. The average Bonchev–Trinajstić information content (AvgIpc) is 1.82. The molecule has 1 unspecified atom stereocenters. The Kier molecular flexibility index (Phi) is 1.55. The first-order valence-corrected chi connectivity index (χ1v) is 2.79. The number of dihydropyridines is 1. The normalized spacial score (nSPS) is 25.8. The topological polar surface area (TPSA) is 69.9 Å². The number of carbonyl (C=O) groups excluding carboxylic acids is 1. The Morgan fingerprint density at radius 3 is 2.80 bits per heavy atom. The van der Waals surface area contributed by atoms with E-state index in [1.807, 2.05) is 0 Å². The van der Waals surface area contributed by atoms with Crippen molar-refractivity contribution < 1.29 is 15.0 Å². The van der Waals surface area contributed by atoms with Crippen molar-refractivity contribution in [3.05, 3.63) is 11.8 Å². The van der Waals surface area contributed by atoms with Crippen LogP contribution < -0.4 is 0 Å². The molecular weight excluding hydrogens is 134 g/mol. The van der Waals surface area contributed by atoms with Crippen LogP contribution in [0, 0.1) is 0 Å². The van der Waals surface area contributed by atoms with Crippen molar-refractivity contribution in [2.75, 3.05) is 0 Å². The second-order valence-corrected chi connectivity index (χ2v) is 2.06. The average molecular weight is 141 g/mol. The van der Waals surface area contributed by atoms with Gasteiger partial charge in [0, 0.05) is 6.08 Å². The molecule has 2 N–H and O–H groups in total. The summed E-state index contributed by atoms with van der Waals surface area (Å²) >= 11 is 0. The molecule has 0 saturated heterocycles. The zero-order valence-corrected chi connectivity index (χ0v) is 5.40. The van der Waals surface area contributed by atoms with Gasteiger partial charge in [-0.15, -0.1) is 0 Å². The molecule has 0 saturated carbocycles. The van der Waals surface area contributed by atoms with Crippen LogP contribution in [0.4, 0.5) is 0 Å². The van der Waals surface area contributed by atoms with Gasteiger partial charge in [0.2, 0.25) is 0 Å². The number of hydrogen-bond donors (Lipinski definition) is 2. The highest BCUT2D eigenvalue weighted by atomic mass is 16.3. The number of carbonyl (C=O) groups is 1.